The van der Waals surface area contributed by atoms with Gasteiger partial charge >= 0.3 is 74.3 Å². The number of hydrogen-bond donors (Lipinski definition) is 6. The van der Waals surface area contributed by atoms with Gasteiger partial charge in [-0.05, 0) is 12.8 Å². The van der Waals surface area contributed by atoms with Gasteiger partial charge in [-0.25, -0.2) is 0 Å². The van der Waals surface area contributed by atoms with Crippen molar-refractivity contribution in [1.29, 1.82) is 0 Å². The van der Waals surface area contributed by atoms with Crippen molar-refractivity contribution >= 4 is 26.1 Å². The second kappa shape index (κ2) is 21.8. The minimum Gasteiger partial charge on any atom is -1.00 e. The van der Waals surface area contributed by atoms with Gasteiger partial charge in [0, 0.05) is 12.8 Å². The van der Waals surface area contributed by atoms with E-state index in [-0.39, 0.29) is 74.8 Å². The number of oxime groups is 2. The molecule has 0 radical (unpaired) electrons. The average Bonchev–Trinajstić information content (AvgIpc) is 2.62. The second-order valence-corrected chi connectivity index (χ2v) is 10.4. The summed E-state index contributed by atoms with van der Waals surface area (Å²) < 4.78 is 21.9. The summed E-state index contributed by atoms with van der Waals surface area (Å²) in [4.78, 5) is 35.7. The first-order valence-electron chi connectivity index (χ1n) is 10.2. The molecule has 0 aromatic carbocycles. The summed E-state index contributed by atoms with van der Waals surface area (Å²) in [7, 11) is -8.84. The van der Waals surface area contributed by atoms with Gasteiger partial charge in [0.05, 0.1) is 0 Å². The molecule has 176 valence electrons. The smallest absolute Gasteiger partial charge is 1.00 e. The molecule has 0 aromatic heterocycles. The molecule has 0 spiro atoms. The van der Waals surface area contributed by atoms with Crippen LogP contribution in [0.3, 0.4) is 0 Å². The fourth-order valence-corrected chi connectivity index (χ4v) is 4.15. The Morgan fingerprint density at radius 1 is 0.516 bits per heavy atom. The first kappa shape index (κ1) is 36.8. The van der Waals surface area contributed by atoms with Crippen LogP contribution in [-0.2, 0) is 9.13 Å². The third-order valence-electron chi connectivity index (χ3n) is 4.70. The van der Waals surface area contributed by atoms with E-state index in [0.717, 1.165) is 64.2 Å². The topological polar surface area (TPSA) is 180 Å². The van der Waals surface area contributed by atoms with Crippen LogP contribution in [0, 0.1) is 0 Å². The van der Waals surface area contributed by atoms with Crippen molar-refractivity contribution in [2.24, 2.45) is 10.3 Å². The summed E-state index contributed by atoms with van der Waals surface area (Å²) in [6.07, 6.45) is 13.0. The van der Waals surface area contributed by atoms with Crippen LogP contribution in [0.15, 0.2) is 10.3 Å². The van der Waals surface area contributed by atoms with Crippen LogP contribution in [0.2, 0.25) is 0 Å². The summed E-state index contributed by atoms with van der Waals surface area (Å²) >= 11 is 0. The molecule has 0 unspecified atom stereocenters. The Morgan fingerprint density at radius 2 is 0.710 bits per heavy atom. The van der Waals surface area contributed by atoms with Crippen molar-refractivity contribution in [3.63, 3.8) is 0 Å². The van der Waals surface area contributed by atoms with E-state index in [9.17, 15) is 9.13 Å². The molecule has 10 nitrogen and oxygen atoms in total. The first-order valence-corrected chi connectivity index (χ1v) is 13.4. The summed E-state index contributed by atoms with van der Waals surface area (Å²) in [6.45, 7) is 0. The predicted molar refractivity (Wildman–Crippen MR) is 114 cm³/mol. The van der Waals surface area contributed by atoms with E-state index >= 15 is 0 Å². The zero-order chi connectivity index (χ0) is 22.2. The van der Waals surface area contributed by atoms with Crippen LogP contribution >= 0.6 is 15.2 Å². The summed E-state index contributed by atoms with van der Waals surface area (Å²) in [6, 6.07) is 0. The molecule has 31 heavy (non-hydrogen) atoms. The zero-order valence-corrected chi connectivity index (χ0v) is 24.7. The fraction of sp³-hybridized carbons (Fsp3) is 0.882. The van der Waals surface area contributed by atoms with Crippen LogP contribution in [0.1, 0.15) is 99.2 Å². The van der Waals surface area contributed by atoms with Crippen LogP contribution in [0.4, 0.5) is 0 Å². The van der Waals surface area contributed by atoms with Gasteiger partial charge in [0.2, 0.25) is 0 Å². The maximum absolute atomic E-state index is 11.0. The van der Waals surface area contributed by atoms with E-state index in [1.807, 2.05) is 0 Å². The molecule has 14 heteroatoms. The molecule has 0 rings (SSSR count). The van der Waals surface area contributed by atoms with Crippen molar-refractivity contribution in [3.05, 3.63) is 0 Å². The molecular weight excluding hydrogens is 468 g/mol. The van der Waals surface area contributed by atoms with Crippen LogP contribution in [-0.4, -0.2) is 40.9 Å². The van der Waals surface area contributed by atoms with Gasteiger partial charge in [0.15, 0.2) is 10.9 Å². The predicted octanol–water partition coefficient (Wildman–Crippen LogP) is -0.998. The fourth-order valence-electron chi connectivity index (χ4n) is 3.02. The van der Waals surface area contributed by atoms with Crippen molar-refractivity contribution in [2.75, 3.05) is 0 Å². The average molecular weight is 506 g/mol. The maximum atomic E-state index is 11.0. The van der Waals surface area contributed by atoms with Crippen molar-refractivity contribution in [3.8, 4) is 0 Å². The minimum absolute atomic E-state index is 0. The molecule has 0 aliphatic rings. The quantitative estimate of drug-likeness (QED) is 0.0342. The Morgan fingerprint density at radius 3 is 0.871 bits per heavy atom. The minimum atomic E-state index is -4.42. The zero-order valence-electron chi connectivity index (χ0n) is 20.9. The van der Waals surface area contributed by atoms with Crippen LogP contribution in [0.5, 0.6) is 0 Å². The molecule has 0 amide bonds. The number of rotatable bonds is 18. The van der Waals surface area contributed by atoms with E-state index in [1.54, 1.807) is 0 Å². The molecule has 0 fully saturated rings. The molecule has 0 aliphatic carbocycles. The van der Waals surface area contributed by atoms with Gasteiger partial charge < -0.3 is 32.8 Å². The standard InChI is InChI=1S/C17H36N2O8P2.2Na.2H/c20-18-16(28(22,23)24)14-12-10-8-6-4-2-1-3-5-7-9-11-13-15-17(19-21)29(25,26)27;;;;/h20-21H,1-15H2,(H2,22,23,24)(H2,25,26,27);;;;/q;2*+1;2*-1/b18-16-,19-17+;;;;. The third-order valence-corrected chi connectivity index (χ3v) is 6.68. The molecule has 6 N–H and O–H groups in total. The third kappa shape index (κ3) is 21.5. The van der Waals surface area contributed by atoms with Gasteiger partial charge in [-0.15, -0.1) is 0 Å². The molecule has 0 saturated carbocycles. The van der Waals surface area contributed by atoms with E-state index in [0.29, 0.717) is 12.8 Å². The Kier molecular flexibility index (Phi) is 25.8. The van der Waals surface area contributed by atoms with Crippen LogP contribution in [0.25, 0.3) is 0 Å². The van der Waals surface area contributed by atoms with Crippen molar-refractivity contribution in [2.45, 2.75) is 96.3 Å². The van der Waals surface area contributed by atoms with Gasteiger partial charge in [0.1, 0.15) is 0 Å². The number of unbranched alkanes of at least 4 members (excludes halogenated alkanes) is 12. The Balaban J connectivity index is -0.000000653. The molecule has 0 atom stereocenters. The molecular formula is C17H38N2Na2O8P2. The van der Waals surface area contributed by atoms with Gasteiger partial charge in [-0.3, -0.25) is 9.13 Å². The Labute approximate surface area is 232 Å². The molecule has 0 aliphatic heterocycles. The Hall–Kier alpha value is 1.24. The van der Waals surface area contributed by atoms with Crippen molar-refractivity contribution in [1.82, 2.24) is 0 Å². The Bertz CT molecular complexity index is 558. The maximum Gasteiger partial charge on any atom is 1.00 e. The summed E-state index contributed by atoms with van der Waals surface area (Å²) in [5.41, 5.74) is -0.887. The van der Waals surface area contributed by atoms with Crippen molar-refractivity contribution < 1.29 is 101 Å². The summed E-state index contributed by atoms with van der Waals surface area (Å²) in [5.74, 6) is 0. The van der Waals surface area contributed by atoms with Gasteiger partial charge in [-0.1, -0.05) is 80.9 Å². The molecule has 0 saturated heterocycles. The number of hydrogen-bond acceptors (Lipinski definition) is 6. The van der Waals surface area contributed by atoms with E-state index in [4.69, 9.17) is 30.0 Å². The monoisotopic (exact) mass is 506 g/mol. The SMILES string of the molecule is O=P(O)(O)/C(CCCCCCCCCCCCCCC/C(=N\O)P(=O)(O)O)=N\O.[H-].[H-].[Na+].[Na+]. The van der Waals surface area contributed by atoms with E-state index in [2.05, 4.69) is 10.3 Å². The number of nitrogens with zero attached hydrogens (tertiary/aromatic N) is 2. The largest absolute Gasteiger partial charge is 1.00 e. The molecule has 0 heterocycles. The normalized spacial score (nSPS) is 12.9. The second-order valence-electron chi connectivity index (χ2n) is 7.22. The van der Waals surface area contributed by atoms with Gasteiger partial charge in [-0.2, -0.15) is 0 Å². The van der Waals surface area contributed by atoms with E-state index < -0.39 is 26.1 Å². The van der Waals surface area contributed by atoms with Crippen LogP contribution < -0.4 is 59.1 Å². The van der Waals surface area contributed by atoms with Gasteiger partial charge in [0.25, 0.3) is 0 Å². The molecule has 0 aromatic rings. The van der Waals surface area contributed by atoms with E-state index in [1.165, 1.54) is 6.42 Å². The first-order chi connectivity index (χ1) is 13.6. The summed E-state index contributed by atoms with van der Waals surface area (Å²) in [5, 5.41) is 22.5. The molecule has 0 bridgehead atoms.